The molecule has 0 amide bonds. The molecule has 0 radical (unpaired) electrons. The molecular formula is C40H28N2. The van der Waals surface area contributed by atoms with E-state index in [2.05, 4.69) is 180 Å². The molecule has 0 atom stereocenters. The van der Waals surface area contributed by atoms with E-state index in [0.717, 1.165) is 22.7 Å². The van der Waals surface area contributed by atoms with E-state index in [1.54, 1.807) is 0 Å². The van der Waals surface area contributed by atoms with Gasteiger partial charge in [0.2, 0.25) is 0 Å². The van der Waals surface area contributed by atoms with E-state index < -0.39 is 0 Å². The van der Waals surface area contributed by atoms with Crippen LogP contribution >= 0.6 is 0 Å². The van der Waals surface area contributed by atoms with Crippen LogP contribution in [0, 0.1) is 0 Å². The van der Waals surface area contributed by atoms with Crippen molar-refractivity contribution in [3.63, 3.8) is 0 Å². The average molecular weight is 539 g/mol. The summed E-state index contributed by atoms with van der Waals surface area (Å²) in [5, 5.41) is 7.56. The zero-order valence-corrected chi connectivity index (χ0v) is 23.1. The topological polar surface area (TPSA) is 6.48 Å². The van der Waals surface area contributed by atoms with Crippen LogP contribution in [-0.4, -0.2) is 0 Å². The zero-order valence-electron chi connectivity index (χ0n) is 23.1. The maximum Gasteiger partial charge on any atom is 0.0540 e. The van der Waals surface area contributed by atoms with Gasteiger partial charge in [-0.25, -0.2) is 0 Å². The van der Waals surface area contributed by atoms with Gasteiger partial charge in [0.1, 0.15) is 0 Å². The molecule has 0 N–H and O–H groups in total. The molecule has 2 nitrogen and oxygen atoms in total. The molecule has 0 heterocycles. The lowest BCUT2D eigenvalue weighted by Gasteiger charge is -2.29. The Bertz CT molecular complexity index is 1890. The zero-order chi connectivity index (χ0) is 27.9. The summed E-state index contributed by atoms with van der Waals surface area (Å²) in [6, 6.07) is 60.8. The number of benzene rings is 8. The third-order valence-electron chi connectivity index (χ3n) is 8.16. The minimum absolute atomic E-state index is 1.14. The fraction of sp³-hybridized carbons (Fsp3) is 0. The Morgan fingerprint density at radius 3 is 0.857 bits per heavy atom. The highest BCUT2D eigenvalue weighted by Crippen LogP contribution is 2.47. The van der Waals surface area contributed by atoms with Gasteiger partial charge in [-0.05, 0) is 82.2 Å². The molecule has 0 aliphatic rings. The Labute approximate surface area is 245 Å². The van der Waals surface area contributed by atoms with Gasteiger partial charge in [-0.1, -0.05) is 109 Å². The van der Waals surface area contributed by atoms with Crippen molar-refractivity contribution in [1.82, 2.24) is 0 Å². The van der Waals surface area contributed by atoms with Crippen molar-refractivity contribution in [2.24, 2.45) is 0 Å². The van der Waals surface area contributed by atoms with Crippen molar-refractivity contribution in [3.05, 3.63) is 170 Å². The van der Waals surface area contributed by atoms with Gasteiger partial charge in [0.05, 0.1) is 11.4 Å². The molecule has 2 heteroatoms. The molecule has 8 rings (SSSR count). The SMILES string of the molecule is c1ccc([15N](c2ccccc2)c2ccc3ccc4c([15N](c5ccccc5)c5ccccc5)ccc5ccc2c3c54)cc1. The molecule has 0 saturated carbocycles. The Balaban J connectivity index is 1.42. The van der Waals surface area contributed by atoms with Gasteiger partial charge in [-0.15, -0.1) is 0 Å². The molecule has 0 aliphatic carbocycles. The predicted octanol–water partition coefficient (Wildman–Crippen LogP) is 11.5. The third kappa shape index (κ3) is 3.96. The minimum atomic E-state index is 1.14. The van der Waals surface area contributed by atoms with E-state index in [0.29, 0.717) is 0 Å². The predicted molar refractivity (Wildman–Crippen MR) is 180 cm³/mol. The van der Waals surface area contributed by atoms with E-state index in [4.69, 9.17) is 0 Å². The van der Waals surface area contributed by atoms with E-state index in [1.165, 1.54) is 43.7 Å². The third-order valence-corrected chi connectivity index (χ3v) is 8.16. The summed E-state index contributed by atoms with van der Waals surface area (Å²) in [5.74, 6) is 0. The lowest BCUT2D eigenvalue weighted by atomic mass is 9.92. The number of hydrogen-bond acceptors (Lipinski definition) is 2. The summed E-state index contributed by atoms with van der Waals surface area (Å²) in [7, 11) is 0. The number of nitrogens with zero attached hydrogens (tertiary/aromatic N) is 2. The van der Waals surface area contributed by atoms with Crippen LogP contribution in [0.4, 0.5) is 34.1 Å². The molecule has 0 spiro atoms. The van der Waals surface area contributed by atoms with Crippen LogP contribution in [0.3, 0.4) is 0 Å². The number of anilines is 6. The van der Waals surface area contributed by atoms with E-state index in [-0.39, 0.29) is 0 Å². The van der Waals surface area contributed by atoms with Crippen molar-refractivity contribution in [3.8, 4) is 0 Å². The molecular weight excluding hydrogens is 510 g/mol. The van der Waals surface area contributed by atoms with Crippen molar-refractivity contribution in [1.29, 1.82) is 0 Å². The molecule has 0 aliphatic heterocycles. The Hall–Kier alpha value is -5.60. The van der Waals surface area contributed by atoms with Crippen molar-refractivity contribution in [2.45, 2.75) is 0 Å². The highest BCUT2D eigenvalue weighted by Gasteiger charge is 2.21. The number of rotatable bonds is 6. The lowest BCUT2D eigenvalue weighted by molar-refractivity contribution is 1.30. The molecule has 8 aromatic rings. The highest BCUT2D eigenvalue weighted by atomic mass is 15.9. The van der Waals surface area contributed by atoms with Crippen molar-refractivity contribution in [2.75, 3.05) is 9.80 Å². The molecule has 198 valence electrons. The van der Waals surface area contributed by atoms with Gasteiger partial charge >= 0.3 is 0 Å². The quantitative estimate of drug-likeness (QED) is 0.153. The number of para-hydroxylation sites is 4. The Morgan fingerprint density at radius 1 is 0.262 bits per heavy atom. The second kappa shape index (κ2) is 10.1. The van der Waals surface area contributed by atoms with Gasteiger partial charge in [0.15, 0.2) is 0 Å². The monoisotopic (exact) mass is 538 g/mol. The lowest BCUT2D eigenvalue weighted by Crippen LogP contribution is -2.11. The second-order valence-corrected chi connectivity index (χ2v) is 10.6. The Morgan fingerprint density at radius 2 is 0.548 bits per heavy atom. The largest absolute Gasteiger partial charge is 0.310 e. The summed E-state index contributed by atoms with van der Waals surface area (Å²) in [6.07, 6.45) is 0. The minimum Gasteiger partial charge on any atom is -0.310 e. The van der Waals surface area contributed by atoms with Crippen molar-refractivity contribution < 1.29 is 0 Å². The van der Waals surface area contributed by atoms with Crippen LogP contribution in [0.5, 0.6) is 0 Å². The molecule has 0 bridgehead atoms. The van der Waals surface area contributed by atoms with Gasteiger partial charge in [-0.3, -0.25) is 0 Å². The summed E-state index contributed by atoms with van der Waals surface area (Å²) >= 11 is 0. The van der Waals surface area contributed by atoms with Gasteiger partial charge in [-0.2, -0.15) is 0 Å². The maximum absolute atomic E-state index is 2.37. The molecule has 0 aromatic heterocycles. The summed E-state index contributed by atoms with van der Waals surface area (Å²) in [6.45, 7) is 0. The maximum atomic E-state index is 2.37. The van der Waals surface area contributed by atoms with Crippen LogP contribution in [-0.2, 0) is 0 Å². The fourth-order valence-electron chi connectivity index (χ4n) is 6.32. The molecule has 0 saturated heterocycles. The van der Waals surface area contributed by atoms with Crippen LogP contribution in [0.15, 0.2) is 170 Å². The summed E-state index contributed by atoms with van der Waals surface area (Å²) in [5.41, 5.74) is 6.89. The van der Waals surface area contributed by atoms with Gasteiger partial charge in [0, 0.05) is 33.5 Å². The van der Waals surface area contributed by atoms with E-state index >= 15 is 0 Å². The molecule has 0 unspecified atom stereocenters. The smallest absolute Gasteiger partial charge is 0.0540 e. The average Bonchev–Trinajstić information content (AvgIpc) is 3.07. The summed E-state index contributed by atoms with van der Waals surface area (Å²) in [4.78, 5) is 4.74. The van der Waals surface area contributed by atoms with Gasteiger partial charge in [0.25, 0.3) is 0 Å². The fourth-order valence-corrected chi connectivity index (χ4v) is 6.32. The first-order valence-corrected chi connectivity index (χ1v) is 14.4. The number of hydrogen-bond donors (Lipinski definition) is 0. The van der Waals surface area contributed by atoms with E-state index in [1.807, 2.05) is 0 Å². The Kier molecular flexibility index (Phi) is 5.82. The molecule has 42 heavy (non-hydrogen) atoms. The first-order valence-electron chi connectivity index (χ1n) is 14.4. The van der Waals surface area contributed by atoms with E-state index in [9.17, 15) is 0 Å². The normalized spacial score (nSPS) is 11.3. The van der Waals surface area contributed by atoms with Gasteiger partial charge < -0.3 is 9.80 Å². The highest BCUT2D eigenvalue weighted by molar-refractivity contribution is 6.28. The van der Waals surface area contributed by atoms with Crippen LogP contribution < -0.4 is 9.80 Å². The van der Waals surface area contributed by atoms with Crippen LogP contribution in [0.2, 0.25) is 0 Å². The molecule has 0 fully saturated rings. The first kappa shape index (κ1) is 24.2. The first-order chi connectivity index (χ1) is 20.9. The van der Waals surface area contributed by atoms with Crippen LogP contribution in [0.1, 0.15) is 0 Å². The second-order valence-electron chi connectivity index (χ2n) is 10.6. The van der Waals surface area contributed by atoms with Crippen LogP contribution in [0.25, 0.3) is 32.3 Å². The standard InChI is InChI=1S/C40H28N2/c1-5-13-31(14-6-1)41(32-15-7-2-8-16-32)37-27-23-29-22-26-36-38(28-24-30-21-25-35(37)39(29)40(30)36)42(33-17-9-3-10-18-33)34-19-11-4-12-20-34/h1-28H/i41+1,42+1. The summed E-state index contributed by atoms with van der Waals surface area (Å²) < 4.78 is 0. The van der Waals surface area contributed by atoms with Crippen molar-refractivity contribution >= 4 is 66.4 Å². The molecule has 8 aromatic carbocycles.